The van der Waals surface area contributed by atoms with Gasteiger partial charge in [-0.15, -0.1) is 24.0 Å². The SMILES string of the molecule is CC1CCCN(C(N)=NCc2nc(-c3cccc(F)c3)no2)C1.I. The number of guanidine groups is 1. The summed E-state index contributed by atoms with van der Waals surface area (Å²) in [5, 5.41) is 3.85. The number of halogens is 2. The third-order valence-corrected chi connectivity index (χ3v) is 3.91. The molecule has 0 saturated carbocycles. The van der Waals surface area contributed by atoms with Crippen LogP contribution >= 0.6 is 24.0 Å². The van der Waals surface area contributed by atoms with E-state index in [1.807, 2.05) is 0 Å². The standard InChI is InChI=1S/C16H20FN5O.HI/c1-11-4-3-7-22(10-11)16(18)19-9-14-20-15(21-23-14)12-5-2-6-13(17)8-12;/h2,5-6,8,11H,3-4,7,9-10H2,1H3,(H2,18,19);1H. The van der Waals surface area contributed by atoms with E-state index in [2.05, 4.69) is 27.0 Å². The number of hydrogen-bond donors (Lipinski definition) is 1. The second-order valence-electron chi connectivity index (χ2n) is 5.89. The molecule has 1 aromatic heterocycles. The van der Waals surface area contributed by atoms with Crippen LogP contribution in [-0.2, 0) is 6.54 Å². The number of piperidine rings is 1. The van der Waals surface area contributed by atoms with Crippen molar-refractivity contribution in [3.63, 3.8) is 0 Å². The van der Waals surface area contributed by atoms with Gasteiger partial charge in [-0.3, -0.25) is 0 Å². The molecule has 1 aliphatic rings. The summed E-state index contributed by atoms with van der Waals surface area (Å²) in [5.41, 5.74) is 6.60. The average molecular weight is 445 g/mol. The van der Waals surface area contributed by atoms with Crippen LogP contribution in [0.1, 0.15) is 25.7 Å². The molecule has 0 aliphatic carbocycles. The molecule has 0 amide bonds. The fourth-order valence-electron chi connectivity index (χ4n) is 2.71. The molecule has 6 nitrogen and oxygen atoms in total. The second-order valence-corrected chi connectivity index (χ2v) is 5.89. The summed E-state index contributed by atoms with van der Waals surface area (Å²) < 4.78 is 18.4. The monoisotopic (exact) mass is 445 g/mol. The van der Waals surface area contributed by atoms with Crippen molar-refractivity contribution < 1.29 is 8.91 Å². The third-order valence-electron chi connectivity index (χ3n) is 3.91. The van der Waals surface area contributed by atoms with E-state index in [0.717, 1.165) is 19.5 Å². The minimum atomic E-state index is -0.338. The lowest BCUT2D eigenvalue weighted by atomic mass is 10.0. The van der Waals surface area contributed by atoms with E-state index >= 15 is 0 Å². The molecule has 1 saturated heterocycles. The van der Waals surface area contributed by atoms with Crippen LogP contribution in [0.4, 0.5) is 4.39 Å². The number of nitrogens with two attached hydrogens (primary N) is 1. The molecule has 2 N–H and O–H groups in total. The number of benzene rings is 1. The fraction of sp³-hybridized carbons (Fsp3) is 0.438. The van der Waals surface area contributed by atoms with Gasteiger partial charge in [-0.25, -0.2) is 9.38 Å². The first kappa shape index (κ1) is 18.6. The van der Waals surface area contributed by atoms with Gasteiger partial charge in [-0.1, -0.05) is 24.2 Å². The van der Waals surface area contributed by atoms with Gasteiger partial charge in [0, 0.05) is 18.7 Å². The Morgan fingerprint density at radius 2 is 2.33 bits per heavy atom. The van der Waals surface area contributed by atoms with E-state index in [-0.39, 0.29) is 36.3 Å². The minimum Gasteiger partial charge on any atom is -0.370 e. The van der Waals surface area contributed by atoms with Gasteiger partial charge in [-0.2, -0.15) is 4.98 Å². The van der Waals surface area contributed by atoms with Crippen molar-refractivity contribution in [2.24, 2.45) is 16.6 Å². The van der Waals surface area contributed by atoms with E-state index in [1.165, 1.54) is 18.6 Å². The van der Waals surface area contributed by atoms with Crippen LogP contribution < -0.4 is 5.73 Å². The Bertz CT molecular complexity index is 705. The van der Waals surface area contributed by atoms with Crippen LogP contribution in [0.5, 0.6) is 0 Å². The van der Waals surface area contributed by atoms with Crippen molar-refractivity contribution in [1.82, 2.24) is 15.0 Å². The van der Waals surface area contributed by atoms with Crippen molar-refractivity contribution in [2.75, 3.05) is 13.1 Å². The zero-order valence-corrected chi connectivity index (χ0v) is 15.8. The molecular weight excluding hydrogens is 424 g/mol. The second kappa shape index (κ2) is 8.41. The summed E-state index contributed by atoms with van der Waals surface area (Å²) >= 11 is 0. The van der Waals surface area contributed by atoms with Crippen molar-refractivity contribution in [3.8, 4) is 11.4 Å². The van der Waals surface area contributed by atoms with Gasteiger partial charge < -0.3 is 15.2 Å². The van der Waals surface area contributed by atoms with Crippen LogP contribution in [-0.4, -0.2) is 34.1 Å². The minimum absolute atomic E-state index is 0. The van der Waals surface area contributed by atoms with Gasteiger partial charge in [0.25, 0.3) is 0 Å². The van der Waals surface area contributed by atoms with Crippen LogP contribution in [0.2, 0.25) is 0 Å². The van der Waals surface area contributed by atoms with Crippen LogP contribution in [0.3, 0.4) is 0 Å². The summed E-state index contributed by atoms with van der Waals surface area (Å²) in [6.07, 6.45) is 2.35. The maximum absolute atomic E-state index is 13.2. The summed E-state index contributed by atoms with van der Waals surface area (Å²) in [4.78, 5) is 10.6. The number of hydrogen-bond acceptors (Lipinski definition) is 4. The Morgan fingerprint density at radius 1 is 1.50 bits per heavy atom. The van der Waals surface area contributed by atoms with Gasteiger partial charge in [0.05, 0.1) is 0 Å². The summed E-state index contributed by atoms with van der Waals surface area (Å²) in [6.45, 7) is 4.29. The topological polar surface area (TPSA) is 80.5 Å². The summed E-state index contributed by atoms with van der Waals surface area (Å²) in [5.74, 6) is 1.50. The molecule has 1 atom stereocenters. The number of rotatable bonds is 3. The molecule has 8 heteroatoms. The van der Waals surface area contributed by atoms with Gasteiger partial charge in [-0.05, 0) is 30.9 Å². The van der Waals surface area contributed by atoms with Gasteiger partial charge in [0.1, 0.15) is 12.4 Å². The van der Waals surface area contributed by atoms with Crippen molar-refractivity contribution >= 4 is 29.9 Å². The largest absolute Gasteiger partial charge is 0.370 e. The molecule has 1 unspecified atom stereocenters. The predicted molar refractivity (Wildman–Crippen MR) is 100 cm³/mol. The number of aliphatic imine (C=N–C) groups is 1. The van der Waals surface area contributed by atoms with Crippen molar-refractivity contribution in [3.05, 3.63) is 36.0 Å². The van der Waals surface area contributed by atoms with Crippen molar-refractivity contribution in [2.45, 2.75) is 26.3 Å². The van der Waals surface area contributed by atoms with Crippen LogP contribution in [0.25, 0.3) is 11.4 Å². The number of likely N-dealkylation sites (tertiary alicyclic amines) is 1. The summed E-state index contributed by atoms with van der Waals surface area (Å²) in [6, 6.07) is 6.06. The Labute approximate surface area is 157 Å². The molecule has 2 aromatic rings. The van der Waals surface area contributed by atoms with Gasteiger partial charge in [0.2, 0.25) is 11.7 Å². The van der Waals surface area contributed by atoms with Gasteiger partial charge in [0.15, 0.2) is 5.96 Å². The van der Waals surface area contributed by atoms with Crippen LogP contribution in [0.15, 0.2) is 33.8 Å². The number of nitrogens with zero attached hydrogens (tertiary/aromatic N) is 4. The molecule has 1 aliphatic heterocycles. The molecule has 0 bridgehead atoms. The predicted octanol–water partition coefficient (Wildman–Crippen LogP) is 3.04. The normalized spacial score (nSPS) is 18.3. The highest BCUT2D eigenvalue weighted by atomic mass is 127. The highest BCUT2D eigenvalue weighted by Crippen LogP contribution is 2.17. The average Bonchev–Trinajstić information content (AvgIpc) is 3.01. The van der Waals surface area contributed by atoms with E-state index < -0.39 is 0 Å². The maximum atomic E-state index is 13.2. The molecule has 0 radical (unpaired) electrons. The van der Waals surface area contributed by atoms with Crippen molar-refractivity contribution in [1.29, 1.82) is 0 Å². The highest BCUT2D eigenvalue weighted by molar-refractivity contribution is 14.0. The Kier molecular flexibility index (Phi) is 6.52. The van der Waals surface area contributed by atoms with E-state index in [9.17, 15) is 4.39 Å². The smallest absolute Gasteiger partial charge is 0.248 e. The zero-order valence-electron chi connectivity index (χ0n) is 13.5. The van der Waals surface area contributed by atoms with Gasteiger partial charge >= 0.3 is 0 Å². The highest BCUT2D eigenvalue weighted by Gasteiger charge is 2.18. The Hall–Kier alpha value is -1.71. The Morgan fingerprint density at radius 3 is 3.08 bits per heavy atom. The van der Waals surface area contributed by atoms with E-state index in [4.69, 9.17) is 10.3 Å². The third kappa shape index (κ3) is 4.65. The lowest BCUT2D eigenvalue weighted by Crippen LogP contribution is -2.43. The molecular formula is C16H21FIN5O. The first-order valence-electron chi connectivity index (χ1n) is 7.75. The molecule has 0 spiro atoms. The maximum Gasteiger partial charge on any atom is 0.248 e. The van der Waals surface area contributed by atoms with Crippen LogP contribution in [0, 0.1) is 11.7 Å². The van der Waals surface area contributed by atoms with E-state index in [0.29, 0.717) is 29.2 Å². The number of aromatic nitrogens is 2. The first-order valence-corrected chi connectivity index (χ1v) is 7.75. The zero-order chi connectivity index (χ0) is 16.2. The summed E-state index contributed by atoms with van der Waals surface area (Å²) in [7, 11) is 0. The fourth-order valence-corrected chi connectivity index (χ4v) is 2.71. The lowest BCUT2D eigenvalue weighted by molar-refractivity contribution is 0.270. The molecule has 130 valence electrons. The first-order chi connectivity index (χ1) is 11.1. The molecule has 2 heterocycles. The quantitative estimate of drug-likeness (QED) is 0.447. The lowest BCUT2D eigenvalue weighted by Gasteiger charge is -2.31. The molecule has 1 fully saturated rings. The molecule has 3 rings (SSSR count). The Balaban J connectivity index is 0.00000208. The molecule has 1 aromatic carbocycles. The molecule has 24 heavy (non-hydrogen) atoms. The van der Waals surface area contributed by atoms with E-state index in [1.54, 1.807) is 12.1 Å².